The zero-order chi connectivity index (χ0) is 5.28. The van der Waals surface area contributed by atoms with Crippen molar-refractivity contribution in [1.29, 1.82) is 0 Å². The minimum absolute atomic E-state index is 0. The van der Waals surface area contributed by atoms with Gasteiger partial charge < -0.3 is 18.4 Å². The zero-order valence-corrected chi connectivity index (χ0v) is 10.4. The van der Waals surface area contributed by atoms with E-state index in [0.717, 1.165) is 11.6 Å². The fourth-order valence-corrected chi connectivity index (χ4v) is 0.664. The van der Waals surface area contributed by atoms with Gasteiger partial charge in [0.05, 0.1) is 13.5 Å². The monoisotopic (exact) mass is 220 g/mol. The quantitative estimate of drug-likeness (QED) is 0.391. The summed E-state index contributed by atoms with van der Waals surface area (Å²) in [7, 11) is 1.94. The maximum absolute atomic E-state index is 10.3. The summed E-state index contributed by atoms with van der Waals surface area (Å²) < 4.78 is 0. The number of amides is 1. The van der Waals surface area contributed by atoms with Crippen molar-refractivity contribution in [2.24, 2.45) is 0 Å². The van der Waals surface area contributed by atoms with Crippen molar-refractivity contribution in [2.75, 3.05) is 13.6 Å². The molecule has 1 unspecified atom stereocenters. The van der Waals surface area contributed by atoms with Gasteiger partial charge in [-0.2, -0.15) is 0 Å². The van der Waals surface area contributed by atoms with Crippen LogP contribution < -0.4 is 78.8 Å². The van der Waals surface area contributed by atoms with Crippen LogP contribution in [0.25, 0.3) is 0 Å². The van der Waals surface area contributed by atoms with Gasteiger partial charge in [-0.25, -0.2) is 10.4 Å². The largest absolute Gasteiger partial charge is 1.00 e. The van der Waals surface area contributed by atoms with Crippen LogP contribution in [0.15, 0.2) is 0 Å². The molecule has 0 aromatic heterocycles. The Bertz CT molecular complexity index is 105. The summed E-state index contributed by atoms with van der Waals surface area (Å²) in [6, 6.07) is 0. The van der Waals surface area contributed by atoms with Crippen LogP contribution in [0, 0.1) is 0 Å². The summed E-state index contributed by atoms with van der Waals surface area (Å²) >= 11 is 0. The summed E-state index contributed by atoms with van der Waals surface area (Å²) in [5, 5.41) is 1.10. The molecular weight excluding hydrogens is 211 g/mol. The SMILES string of the molecule is C[NH+]1CCC(=O)N1.[Br-].[H-].[K+]. The molecule has 0 aromatic rings. The first-order valence-corrected chi connectivity index (χ1v) is 2.41. The van der Waals surface area contributed by atoms with Crippen molar-refractivity contribution in [1.82, 2.24) is 5.43 Å². The molecule has 1 aliphatic rings. The molecule has 1 rings (SSSR count). The minimum Gasteiger partial charge on any atom is -1.00 e. The third-order valence-corrected chi connectivity index (χ3v) is 1.08. The molecule has 5 heteroatoms. The van der Waals surface area contributed by atoms with Crippen molar-refractivity contribution in [2.45, 2.75) is 6.42 Å². The van der Waals surface area contributed by atoms with Gasteiger partial charge in [0, 0.05) is 0 Å². The number of rotatable bonds is 0. The molecule has 0 aliphatic carbocycles. The topological polar surface area (TPSA) is 33.5 Å². The summed E-state index contributed by atoms with van der Waals surface area (Å²) in [5.41, 5.74) is 2.69. The molecular formula is C4H10BrKN2O. The Morgan fingerprint density at radius 3 is 2.44 bits per heavy atom. The zero-order valence-electron chi connectivity index (χ0n) is 6.70. The number of hydrogen-bond acceptors (Lipinski definition) is 1. The molecule has 2 N–H and O–H groups in total. The molecule has 1 amide bonds. The van der Waals surface area contributed by atoms with Crippen LogP contribution in [0.3, 0.4) is 0 Å². The van der Waals surface area contributed by atoms with Crippen molar-refractivity contribution >= 4 is 5.91 Å². The van der Waals surface area contributed by atoms with Crippen molar-refractivity contribution in [3.05, 3.63) is 0 Å². The number of quaternary nitrogens is 1. The summed E-state index contributed by atoms with van der Waals surface area (Å²) in [6.07, 6.45) is 0.686. The number of nitrogens with one attached hydrogen (secondary N) is 2. The Hall–Kier alpha value is 1.55. The predicted molar refractivity (Wildman–Crippen MR) is 25.6 cm³/mol. The average Bonchev–Trinajstić information content (AvgIpc) is 1.87. The first-order valence-electron chi connectivity index (χ1n) is 2.41. The fourth-order valence-electron chi connectivity index (χ4n) is 0.664. The Kier molecular flexibility index (Phi) is 9.17. The number of halogens is 1. The van der Waals surface area contributed by atoms with E-state index < -0.39 is 0 Å². The standard InChI is InChI=1S/C4H8N2O.BrH.K.H/c1-6-3-2-4(7)5-6;;;/h2-3H2,1H3,(H,5,7);1H;;/q;;+1;-1. The first kappa shape index (κ1) is 13.2. The van der Waals surface area contributed by atoms with E-state index in [0.29, 0.717) is 6.42 Å². The van der Waals surface area contributed by atoms with E-state index in [2.05, 4.69) is 5.43 Å². The second-order valence-electron chi connectivity index (χ2n) is 1.83. The van der Waals surface area contributed by atoms with Gasteiger partial charge in [-0.3, -0.25) is 4.79 Å². The Morgan fingerprint density at radius 1 is 1.78 bits per heavy atom. The predicted octanol–water partition coefficient (Wildman–Crippen LogP) is -7.94. The van der Waals surface area contributed by atoms with Gasteiger partial charge in [0.2, 0.25) is 0 Å². The van der Waals surface area contributed by atoms with Crippen molar-refractivity contribution in [3.8, 4) is 0 Å². The molecule has 1 atom stereocenters. The van der Waals surface area contributed by atoms with Gasteiger partial charge in [-0.1, -0.05) is 0 Å². The van der Waals surface area contributed by atoms with Crippen LogP contribution in [0.2, 0.25) is 0 Å². The number of carbonyl (C=O) groups excluding carboxylic acids is 1. The van der Waals surface area contributed by atoms with Gasteiger partial charge in [0.15, 0.2) is 0 Å². The van der Waals surface area contributed by atoms with Gasteiger partial charge in [0.25, 0.3) is 5.91 Å². The molecule has 3 nitrogen and oxygen atoms in total. The molecule has 0 bridgehead atoms. The fraction of sp³-hybridized carbons (Fsp3) is 0.750. The normalized spacial score (nSPS) is 23.7. The van der Waals surface area contributed by atoms with Crippen LogP contribution in [0.1, 0.15) is 7.85 Å². The Balaban J connectivity index is -0.000000163. The van der Waals surface area contributed by atoms with E-state index in [4.69, 9.17) is 0 Å². The summed E-state index contributed by atoms with van der Waals surface area (Å²) in [4.78, 5) is 10.3. The first-order chi connectivity index (χ1) is 3.29. The average molecular weight is 221 g/mol. The second-order valence-corrected chi connectivity index (χ2v) is 1.83. The molecule has 0 spiro atoms. The molecule has 1 heterocycles. The maximum atomic E-state index is 10.3. The number of carbonyl (C=O) groups is 1. The van der Waals surface area contributed by atoms with Crippen LogP contribution in [-0.2, 0) is 4.79 Å². The van der Waals surface area contributed by atoms with Crippen LogP contribution >= 0.6 is 0 Å². The molecule has 1 aliphatic heterocycles. The summed E-state index contributed by atoms with van der Waals surface area (Å²) in [6.45, 7) is 0.929. The van der Waals surface area contributed by atoms with Crippen molar-refractivity contribution in [3.63, 3.8) is 0 Å². The van der Waals surface area contributed by atoms with Gasteiger partial charge in [-0.05, 0) is 0 Å². The van der Waals surface area contributed by atoms with Crippen molar-refractivity contribution < 1.29 is 79.6 Å². The van der Waals surface area contributed by atoms with E-state index in [-0.39, 0.29) is 75.7 Å². The van der Waals surface area contributed by atoms with Gasteiger partial charge in [-0.15, -0.1) is 0 Å². The van der Waals surface area contributed by atoms with Gasteiger partial charge >= 0.3 is 51.4 Å². The Morgan fingerprint density at radius 2 is 2.33 bits per heavy atom. The van der Waals surface area contributed by atoms with E-state index in [1.807, 2.05) is 7.05 Å². The third kappa shape index (κ3) is 4.89. The Labute approximate surface area is 109 Å². The molecule has 0 radical (unpaired) electrons. The minimum atomic E-state index is 0. The van der Waals surface area contributed by atoms with E-state index >= 15 is 0 Å². The van der Waals surface area contributed by atoms with Crippen LogP contribution in [0.4, 0.5) is 0 Å². The number of hydrogen-bond donors (Lipinski definition) is 2. The van der Waals surface area contributed by atoms with Crippen LogP contribution in [-0.4, -0.2) is 19.5 Å². The van der Waals surface area contributed by atoms with E-state index in [1.165, 1.54) is 0 Å². The molecule has 1 saturated heterocycles. The van der Waals surface area contributed by atoms with E-state index in [1.54, 1.807) is 0 Å². The molecule has 0 aromatic carbocycles. The molecule has 0 saturated carbocycles. The second kappa shape index (κ2) is 6.27. The van der Waals surface area contributed by atoms with E-state index in [9.17, 15) is 4.79 Å². The summed E-state index contributed by atoms with van der Waals surface area (Å²) in [5.74, 6) is 0.164. The maximum Gasteiger partial charge on any atom is 1.00 e. The smallest absolute Gasteiger partial charge is 1.00 e. The molecule has 50 valence electrons. The van der Waals surface area contributed by atoms with Gasteiger partial charge in [0.1, 0.15) is 6.54 Å². The molecule has 9 heavy (non-hydrogen) atoms. The van der Waals surface area contributed by atoms with Crippen LogP contribution in [0.5, 0.6) is 0 Å². The third-order valence-electron chi connectivity index (χ3n) is 1.08. The molecule has 1 fully saturated rings.